The molecule has 15 heavy (non-hydrogen) atoms. The fourth-order valence-corrected chi connectivity index (χ4v) is 2.04. The van der Waals surface area contributed by atoms with E-state index in [0.717, 1.165) is 30.4 Å². The molecular weight excluding hydrogens is 189 g/mol. The normalized spacial score (nSPS) is 20.7. The monoisotopic (exact) mass is 207 g/mol. The third-order valence-corrected chi connectivity index (χ3v) is 3.28. The first-order valence-corrected chi connectivity index (χ1v) is 5.62. The van der Waals surface area contributed by atoms with E-state index in [0.29, 0.717) is 6.42 Å². The molecule has 0 aliphatic heterocycles. The van der Waals surface area contributed by atoms with Gasteiger partial charge in [-0.2, -0.15) is 0 Å². The Kier molecular flexibility index (Phi) is 2.79. The smallest absolute Gasteiger partial charge is 0.115 e. The molecule has 2 N–H and O–H groups in total. The molecule has 2 heteroatoms. The van der Waals surface area contributed by atoms with Crippen LogP contribution in [0.4, 0.5) is 4.39 Å². The van der Waals surface area contributed by atoms with Gasteiger partial charge in [-0.1, -0.05) is 24.3 Å². The summed E-state index contributed by atoms with van der Waals surface area (Å²) >= 11 is 0. The van der Waals surface area contributed by atoms with Gasteiger partial charge in [-0.25, -0.2) is 4.39 Å². The zero-order valence-corrected chi connectivity index (χ0v) is 9.17. The first kappa shape index (κ1) is 10.6. The van der Waals surface area contributed by atoms with Crippen LogP contribution in [0.15, 0.2) is 24.3 Å². The average Bonchev–Trinajstić information content (AvgIpc) is 2.16. The molecule has 1 unspecified atom stereocenters. The van der Waals surface area contributed by atoms with Crippen molar-refractivity contribution in [3.63, 3.8) is 0 Å². The van der Waals surface area contributed by atoms with E-state index in [1.807, 2.05) is 31.2 Å². The molecule has 0 heterocycles. The van der Waals surface area contributed by atoms with E-state index in [2.05, 4.69) is 0 Å². The minimum Gasteiger partial charge on any atom is -0.324 e. The molecular formula is C13H18FN. The van der Waals surface area contributed by atoms with Crippen molar-refractivity contribution in [2.24, 2.45) is 5.73 Å². The Morgan fingerprint density at radius 1 is 1.33 bits per heavy atom. The summed E-state index contributed by atoms with van der Waals surface area (Å²) in [6.45, 7) is 1.96. The Hall–Kier alpha value is -0.890. The summed E-state index contributed by atoms with van der Waals surface area (Å²) in [4.78, 5) is 0. The molecule has 82 valence electrons. The second kappa shape index (κ2) is 3.93. The highest BCUT2D eigenvalue weighted by molar-refractivity contribution is 5.26. The highest BCUT2D eigenvalue weighted by Crippen LogP contribution is 2.38. The van der Waals surface area contributed by atoms with E-state index >= 15 is 0 Å². The van der Waals surface area contributed by atoms with Crippen molar-refractivity contribution in [1.82, 2.24) is 0 Å². The topological polar surface area (TPSA) is 26.0 Å². The summed E-state index contributed by atoms with van der Waals surface area (Å²) in [6, 6.07) is 8.06. The summed E-state index contributed by atoms with van der Waals surface area (Å²) < 4.78 is 13.8. The fourth-order valence-electron chi connectivity index (χ4n) is 2.04. The van der Waals surface area contributed by atoms with E-state index in [-0.39, 0.29) is 6.04 Å². The van der Waals surface area contributed by atoms with Crippen LogP contribution >= 0.6 is 0 Å². The zero-order chi connectivity index (χ0) is 10.9. The lowest BCUT2D eigenvalue weighted by Gasteiger charge is -2.33. The summed E-state index contributed by atoms with van der Waals surface area (Å²) in [7, 11) is 0. The van der Waals surface area contributed by atoms with Gasteiger partial charge in [0.1, 0.15) is 5.67 Å². The van der Waals surface area contributed by atoms with Crippen molar-refractivity contribution in [3.8, 4) is 0 Å². The van der Waals surface area contributed by atoms with Crippen LogP contribution in [0.25, 0.3) is 0 Å². The van der Waals surface area contributed by atoms with Gasteiger partial charge in [-0.3, -0.25) is 0 Å². The molecule has 0 saturated heterocycles. The molecule has 1 saturated carbocycles. The van der Waals surface area contributed by atoms with Crippen LogP contribution in [0.5, 0.6) is 0 Å². The largest absolute Gasteiger partial charge is 0.324 e. The predicted octanol–water partition coefficient (Wildman–Crippen LogP) is 3.14. The Morgan fingerprint density at radius 3 is 2.33 bits per heavy atom. The van der Waals surface area contributed by atoms with Crippen molar-refractivity contribution in [2.45, 2.75) is 44.3 Å². The second-order valence-corrected chi connectivity index (χ2v) is 4.71. The minimum atomic E-state index is -0.921. The van der Waals surface area contributed by atoms with Crippen LogP contribution in [0, 0.1) is 0 Å². The lowest BCUT2D eigenvalue weighted by atomic mass is 9.77. The summed E-state index contributed by atoms with van der Waals surface area (Å²) in [6.07, 6.45) is 3.05. The lowest BCUT2D eigenvalue weighted by molar-refractivity contribution is 0.0641. The number of nitrogens with two attached hydrogens (primary N) is 1. The Bertz CT molecular complexity index is 325. The van der Waals surface area contributed by atoms with Crippen molar-refractivity contribution < 1.29 is 4.39 Å². The van der Waals surface area contributed by atoms with E-state index in [1.165, 1.54) is 0 Å². The first-order valence-electron chi connectivity index (χ1n) is 5.62. The standard InChI is InChI=1S/C13H18FN/c1-10(15)12-5-3-11(4-6-12)9-13(14)7-2-8-13/h3-6,10H,2,7-9,15H2,1H3. The van der Waals surface area contributed by atoms with E-state index < -0.39 is 5.67 Å². The average molecular weight is 207 g/mol. The summed E-state index contributed by atoms with van der Waals surface area (Å²) in [5.74, 6) is 0. The maximum Gasteiger partial charge on any atom is 0.115 e. The molecule has 0 spiro atoms. The van der Waals surface area contributed by atoms with E-state index in [9.17, 15) is 4.39 Å². The van der Waals surface area contributed by atoms with Crippen LogP contribution in [0.3, 0.4) is 0 Å². The van der Waals surface area contributed by atoms with Gasteiger partial charge in [0.15, 0.2) is 0 Å². The summed E-state index contributed by atoms with van der Waals surface area (Å²) in [5, 5.41) is 0. The third-order valence-electron chi connectivity index (χ3n) is 3.28. The van der Waals surface area contributed by atoms with Gasteiger partial charge in [-0.05, 0) is 37.3 Å². The van der Waals surface area contributed by atoms with Gasteiger partial charge in [0, 0.05) is 12.5 Å². The second-order valence-electron chi connectivity index (χ2n) is 4.71. The molecule has 1 nitrogen and oxygen atoms in total. The van der Waals surface area contributed by atoms with Crippen LogP contribution in [-0.4, -0.2) is 5.67 Å². The maximum absolute atomic E-state index is 13.8. The molecule has 1 aromatic carbocycles. The van der Waals surface area contributed by atoms with Crippen molar-refractivity contribution in [1.29, 1.82) is 0 Å². The van der Waals surface area contributed by atoms with Gasteiger partial charge in [0.25, 0.3) is 0 Å². The van der Waals surface area contributed by atoms with Gasteiger partial charge < -0.3 is 5.73 Å². The van der Waals surface area contributed by atoms with Crippen LogP contribution in [0.1, 0.15) is 43.4 Å². The van der Waals surface area contributed by atoms with Crippen molar-refractivity contribution in [3.05, 3.63) is 35.4 Å². The number of alkyl halides is 1. The number of halogens is 1. The van der Waals surface area contributed by atoms with E-state index in [1.54, 1.807) is 0 Å². The molecule has 0 amide bonds. The molecule has 2 rings (SSSR count). The Morgan fingerprint density at radius 2 is 1.93 bits per heavy atom. The van der Waals surface area contributed by atoms with Gasteiger partial charge in [-0.15, -0.1) is 0 Å². The van der Waals surface area contributed by atoms with Crippen LogP contribution < -0.4 is 5.73 Å². The highest BCUT2D eigenvalue weighted by atomic mass is 19.1. The Labute approximate surface area is 90.5 Å². The quantitative estimate of drug-likeness (QED) is 0.809. The molecule has 1 fully saturated rings. The van der Waals surface area contributed by atoms with Gasteiger partial charge >= 0.3 is 0 Å². The first-order chi connectivity index (χ1) is 7.09. The highest BCUT2D eigenvalue weighted by Gasteiger charge is 2.36. The molecule has 1 aliphatic carbocycles. The zero-order valence-electron chi connectivity index (χ0n) is 9.17. The molecule has 1 aliphatic rings. The molecule has 0 aromatic heterocycles. The van der Waals surface area contributed by atoms with Crippen LogP contribution in [-0.2, 0) is 6.42 Å². The number of rotatable bonds is 3. The number of hydrogen-bond donors (Lipinski definition) is 1. The van der Waals surface area contributed by atoms with Crippen molar-refractivity contribution in [2.75, 3.05) is 0 Å². The molecule has 1 atom stereocenters. The summed E-state index contributed by atoms with van der Waals surface area (Å²) in [5.41, 5.74) is 7.03. The fraction of sp³-hybridized carbons (Fsp3) is 0.538. The molecule has 0 bridgehead atoms. The number of hydrogen-bond acceptors (Lipinski definition) is 1. The predicted molar refractivity (Wildman–Crippen MR) is 60.4 cm³/mol. The molecule has 0 radical (unpaired) electrons. The third kappa shape index (κ3) is 2.37. The van der Waals surface area contributed by atoms with Crippen molar-refractivity contribution >= 4 is 0 Å². The molecule has 1 aromatic rings. The lowest BCUT2D eigenvalue weighted by Crippen LogP contribution is -2.34. The minimum absolute atomic E-state index is 0.0575. The van der Waals surface area contributed by atoms with E-state index in [4.69, 9.17) is 5.73 Å². The van der Waals surface area contributed by atoms with Gasteiger partial charge in [0.2, 0.25) is 0 Å². The Balaban J connectivity index is 2.04. The SMILES string of the molecule is CC(N)c1ccc(CC2(F)CCC2)cc1. The van der Waals surface area contributed by atoms with Crippen LogP contribution in [0.2, 0.25) is 0 Å². The van der Waals surface area contributed by atoms with Gasteiger partial charge in [0.05, 0.1) is 0 Å². The maximum atomic E-state index is 13.8. The number of benzene rings is 1.